The summed E-state index contributed by atoms with van der Waals surface area (Å²) in [5.41, 5.74) is 2.92. The standard InChI is InChI=1S/C22H30N4O3/c1-22(2,3)18-13-25(11-10-24(18)4)16-7-5-6-14-15(16)12-26(21(14)29)17-8-9-19(27)23-20(17)28/h5-7,17-18H,8-13H2,1-4H3,(H,23,27,28). The predicted octanol–water partition coefficient (Wildman–Crippen LogP) is 1.61. The molecule has 3 aliphatic heterocycles. The van der Waals surface area contributed by atoms with E-state index in [-0.39, 0.29) is 29.6 Å². The maximum absolute atomic E-state index is 13.1. The van der Waals surface area contributed by atoms with Crippen molar-refractivity contribution >= 4 is 23.4 Å². The van der Waals surface area contributed by atoms with Crippen LogP contribution in [0, 0.1) is 5.41 Å². The lowest BCUT2D eigenvalue weighted by atomic mass is 9.84. The molecule has 0 spiro atoms. The minimum absolute atomic E-state index is 0.113. The van der Waals surface area contributed by atoms with Gasteiger partial charge in [0.1, 0.15) is 6.04 Å². The van der Waals surface area contributed by atoms with Gasteiger partial charge in [0.15, 0.2) is 0 Å². The number of anilines is 1. The maximum Gasteiger partial charge on any atom is 0.255 e. The Balaban J connectivity index is 1.60. The van der Waals surface area contributed by atoms with Crippen molar-refractivity contribution in [3.63, 3.8) is 0 Å². The van der Waals surface area contributed by atoms with Gasteiger partial charge in [-0.15, -0.1) is 0 Å². The first-order valence-corrected chi connectivity index (χ1v) is 10.4. The van der Waals surface area contributed by atoms with Gasteiger partial charge in [-0.2, -0.15) is 0 Å². The Kier molecular flexibility index (Phi) is 4.89. The SMILES string of the molecule is CN1CCN(c2cccc3c2CN(C2CCC(=O)NC2=O)C3=O)CC1C(C)(C)C. The van der Waals surface area contributed by atoms with E-state index in [1.54, 1.807) is 4.90 Å². The van der Waals surface area contributed by atoms with Gasteiger partial charge in [-0.3, -0.25) is 24.6 Å². The highest BCUT2D eigenvalue weighted by Gasteiger charge is 2.41. The number of piperidine rings is 1. The summed E-state index contributed by atoms with van der Waals surface area (Å²) in [5, 5.41) is 2.37. The van der Waals surface area contributed by atoms with E-state index >= 15 is 0 Å². The number of amides is 3. The Morgan fingerprint density at radius 3 is 2.55 bits per heavy atom. The van der Waals surface area contributed by atoms with Crippen LogP contribution in [-0.2, 0) is 16.1 Å². The highest BCUT2D eigenvalue weighted by molar-refractivity contribution is 6.06. The molecular weight excluding hydrogens is 368 g/mol. The molecule has 2 saturated heterocycles. The Hall–Kier alpha value is -2.41. The van der Waals surface area contributed by atoms with Crippen molar-refractivity contribution in [1.29, 1.82) is 0 Å². The second kappa shape index (κ2) is 7.13. The van der Waals surface area contributed by atoms with Crippen LogP contribution in [-0.4, -0.2) is 66.3 Å². The topological polar surface area (TPSA) is 73.0 Å². The normalized spacial score (nSPS) is 26.0. The van der Waals surface area contributed by atoms with Gasteiger partial charge in [-0.25, -0.2) is 0 Å². The monoisotopic (exact) mass is 398 g/mol. The Bertz CT molecular complexity index is 860. The number of likely N-dealkylation sites (N-methyl/N-ethyl adjacent to an activating group) is 1. The molecule has 7 heteroatoms. The van der Waals surface area contributed by atoms with Crippen molar-refractivity contribution in [1.82, 2.24) is 15.1 Å². The van der Waals surface area contributed by atoms with Crippen LogP contribution >= 0.6 is 0 Å². The number of hydrogen-bond acceptors (Lipinski definition) is 5. The largest absolute Gasteiger partial charge is 0.368 e. The molecule has 4 rings (SSSR count). The van der Waals surface area contributed by atoms with Crippen LogP contribution in [0.25, 0.3) is 0 Å². The number of piperazine rings is 1. The van der Waals surface area contributed by atoms with E-state index in [9.17, 15) is 14.4 Å². The molecule has 0 aromatic heterocycles. The Morgan fingerprint density at radius 2 is 1.86 bits per heavy atom. The summed E-state index contributed by atoms with van der Waals surface area (Å²) < 4.78 is 0. The van der Waals surface area contributed by atoms with Gasteiger partial charge in [0.05, 0.1) is 0 Å². The van der Waals surface area contributed by atoms with Gasteiger partial charge in [0.2, 0.25) is 11.8 Å². The lowest BCUT2D eigenvalue weighted by Crippen LogP contribution is -2.56. The van der Waals surface area contributed by atoms with E-state index in [1.165, 1.54) is 0 Å². The molecule has 156 valence electrons. The smallest absolute Gasteiger partial charge is 0.255 e. The van der Waals surface area contributed by atoms with E-state index in [2.05, 4.69) is 49.0 Å². The number of nitrogens with zero attached hydrogens (tertiary/aromatic N) is 3. The van der Waals surface area contributed by atoms with Crippen LogP contribution in [0.5, 0.6) is 0 Å². The summed E-state index contributed by atoms with van der Waals surface area (Å²) >= 11 is 0. The van der Waals surface area contributed by atoms with Gasteiger partial charge < -0.3 is 9.80 Å². The quantitative estimate of drug-likeness (QED) is 0.767. The summed E-state index contributed by atoms with van der Waals surface area (Å²) in [7, 11) is 2.18. The third-order valence-corrected chi connectivity index (χ3v) is 6.55. The number of rotatable bonds is 2. The van der Waals surface area contributed by atoms with Crippen LogP contribution in [0.15, 0.2) is 18.2 Å². The molecule has 1 N–H and O–H groups in total. The number of imide groups is 1. The van der Waals surface area contributed by atoms with Crippen molar-refractivity contribution < 1.29 is 14.4 Å². The summed E-state index contributed by atoms with van der Waals surface area (Å²) in [6.07, 6.45) is 0.662. The summed E-state index contributed by atoms with van der Waals surface area (Å²) in [4.78, 5) is 43.3. The number of carbonyl (C=O) groups is 3. The van der Waals surface area contributed by atoms with Crippen molar-refractivity contribution in [3.05, 3.63) is 29.3 Å². The third kappa shape index (κ3) is 3.52. The van der Waals surface area contributed by atoms with Crippen LogP contribution < -0.4 is 10.2 Å². The second-order valence-corrected chi connectivity index (χ2v) is 9.51. The fourth-order valence-electron chi connectivity index (χ4n) is 4.89. The molecule has 3 aliphatic rings. The van der Waals surface area contributed by atoms with Crippen molar-refractivity contribution in [2.24, 2.45) is 5.41 Å². The molecule has 0 radical (unpaired) electrons. The van der Waals surface area contributed by atoms with E-state index in [0.717, 1.165) is 30.9 Å². The van der Waals surface area contributed by atoms with Crippen LogP contribution in [0.1, 0.15) is 49.5 Å². The van der Waals surface area contributed by atoms with Gasteiger partial charge in [-0.05, 0) is 31.0 Å². The summed E-state index contributed by atoms with van der Waals surface area (Å²) in [6, 6.07) is 5.71. The number of fused-ring (bicyclic) bond motifs is 1. The maximum atomic E-state index is 13.1. The Labute approximate surface area is 172 Å². The first-order chi connectivity index (χ1) is 13.7. The zero-order valence-electron chi connectivity index (χ0n) is 17.7. The molecule has 2 fully saturated rings. The molecule has 2 unspecified atom stereocenters. The first kappa shape index (κ1) is 19.9. The van der Waals surface area contributed by atoms with Crippen LogP contribution in [0.4, 0.5) is 5.69 Å². The van der Waals surface area contributed by atoms with Gasteiger partial charge in [0, 0.05) is 55.5 Å². The van der Waals surface area contributed by atoms with E-state index in [1.807, 2.05) is 12.1 Å². The minimum Gasteiger partial charge on any atom is -0.368 e. The third-order valence-electron chi connectivity index (χ3n) is 6.55. The van der Waals surface area contributed by atoms with Crippen molar-refractivity contribution in [3.8, 4) is 0 Å². The molecule has 0 bridgehead atoms. The average molecular weight is 399 g/mol. The molecule has 3 heterocycles. The second-order valence-electron chi connectivity index (χ2n) is 9.51. The van der Waals surface area contributed by atoms with Crippen molar-refractivity contribution in [2.45, 2.75) is 52.2 Å². The molecule has 0 aliphatic carbocycles. The molecular formula is C22H30N4O3. The molecule has 7 nitrogen and oxygen atoms in total. The average Bonchev–Trinajstić information content (AvgIpc) is 2.98. The lowest BCUT2D eigenvalue weighted by Gasteiger charge is -2.47. The van der Waals surface area contributed by atoms with E-state index in [4.69, 9.17) is 0 Å². The summed E-state index contributed by atoms with van der Waals surface area (Å²) in [6.45, 7) is 10.00. The van der Waals surface area contributed by atoms with E-state index < -0.39 is 6.04 Å². The van der Waals surface area contributed by atoms with Crippen LogP contribution in [0.3, 0.4) is 0 Å². The zero-order valence-corrected chi connectivity index (χ0v) is 17.7. The van der Waals surface area contributed by atoms with Gasteiger partial charge in [-0.1, -0.05) is 26.8 Å². The Morgan fingerprint density at radius 1 is 1.10 bits per heavy atom. The number of hydrogen-bond donors (Lipinski definition) is 1. The molecule has 0 saturated carbocycles. The molecule has 29 heavy (non-hydrogen) atoms. The number of benzene rings is 1. The van der Waals surface area contributed by atoms with Gasteiger partial charge >= 0.3 is 0 Å². The number of carbonyl (C=O) groups excluding carboxylic acids is 3. The molecule has 3 amide bonds. The minimum atomic E-state index is -0.574. The highest BCUT2D eigenvalue weighted by Crippen LogP contribution is 2.36. The molecule has 1 aromatic carbocycles. The molecule has 2 atom stereocenters. The highest BCUT2D eigenvalue weighted by atomic mass is 16.2. The first-order valence-electron chi connectivity index (χ1n) is 10.4. The predicted molar refractivity (Wildman–Crippen MR) is 111 cm³/mol. The van der Waals surface area contributed by atoms with Crippen LogP contribution in [0.2, 0.25) is 0 Å². The van der Waals surface area contributed by atoms with Gasteiger partial charge in [0.25, 0.3) is 5.91 Å². The fourth-order valence-corrected chi connectivity index (χ4v) is 4.89. The zero-order chi connectivity index (χ0) is 20.9. The molecule has 1 aromatic rings. The van der Waals surface area contributed by atoms with Crippen molar-refractivity contribution in [2.75, 3.05) is 31.6 Å². The lowest BCUT2D eigenvalue weighted by molar-refractivity contribution is -0.136. The fraction of sp³-hybridized carbons (Fsp3) is 0.591. The summed E-state index contributed by atoms with van der Waals surface area (Å²) in [5.74, 6) is -0.740. The number of nitrogens with one attached hydrogen (secondary N) is 1. The van der Waals surface area contributed by atoms with E-state index in [0.29, 0.717) is 24.6 Å².